The molecule has 5 nitrogen and oxygen atoms in total. The van der Waals surface area contributed by atoms with E-state index in [2.05, 4.69) is 25.2 Å². The molecule has 2 aliphatic heterocycles. The van der Waals surface area contributed by atoms with Crippen LogP contribution in [0.3, 0.4) is 0 Å². The predicted molar refractivity (Wildman–Crippen MR) is 135 cm³/mol. The smallest absolute Gasteiger partial charge is 0.270 e. The second-order valence-electron chi connectivity index (χ2n) is 9.11. The number of thiocarbonyl (C=S) groups is 1. The van der Waals surface area contributed by atoms with Crippen molar-refractivity contribution in [3.05, 3.63) is 70.1 Å². The number of benzene rings is 2. The van der Waals surface area contributed by atoms with Crippen LogP contribution in [0.25, 0.3) is 11.6 Å². The molecule has 1 N–H and O–H groups in total. The minimum atomic E-state index is -0.644. The lowest BCUT2D eigenvalue weighted by atomic mass is 9.88. The van der Waals surface area contributed by atoms with Gasteiger partial charge in [0.25, 0.3) is 11.8 Å². The molecule has 7 heteroatoms. The van der Waals surface area contributed by atoms with Crippen molar-refractivity contribution >= 4 is 52.2 Å². The number of carbonyl (C=O) groups excluding carboxylic acids is 2. The minimum absolute atomic E-state index is 0.00407. The van der Waals surface area contributed by atoms with Crippen LogP contribution in [0, 0.1) is 19.7 Å². The Bertz CT molecular complexity index is 1290. The third-order valence-corrected chi connectivity index (χ3v) is 6.84. The number of nitrogens with one attached hydrogen (secondary N) is 1. The molecule has 2 aliphatic rings. The molecule has 0 unspecified atom stereocenters. The van der Waals surface area contributed by atoms with E-state index in [4.69, 9.17) is 12.2 Å². The molecule has 0 bridgehead atoms. The summed E-state index contributed by atoms with van der Waals surface area (Å²) < 4.78 is 15.2. The normalized spacial score (nSPS) is 18.9. The number of carbonyl (C=O) groups is 2. The van der Waals surface area contributed by atoms with Crippen molar-refractivity contribution in [2.45, 2.75) is 40.2 Å². The zero-order valence-electron chi connectivity index (χ0n) is 19.5. The summed E-state index contributed by atoms with van der Waals surface area (Å²) in [6.07, 6.45) is 3.42. The molecular formula is C26H26FN3O2S. The van der Waals surface area contributed by atoms with Crippen LogP contribution in [-0.2, 0) is 9.59 Å². The molecule has 0 aliphatic carbocycles. The van der Waals surface area contributed by atoms with Crippen molar-refractivity contribution in [3.63, 3.8) is 0 Å². The van der Waals surface area contributed by atoms with E-state index in [1.54, 1.807) is 12.1 Å². The predicted octanol–water partition coefficient (Wildman–Crippen LogP) is 4.91. The number of hydrogen-bond donors (Lipinski definition) is 1. The number of fused-ring (bicyclic) bond motifs is 1. The first kappa shape index (κ1) is 22.9. The third kappa shape index (κ3) is 3.76. The quantitative estimate of drug-likeness (QED) is 0.391. The van der Waals surface area contributed by atoms with Crippen molar-refractivity contribution < 1.29 is 14.0 Å². The standard InChI is InChI=1S/C26H26FN3O2S/c1-14-8-7-9-21(16(14)3)30-24(32)19(23(31)28-25(30)33)11-17-10-18-15(2)13-26(4,5)29(6)22(18)12-20(17)27/h7-13H,1-6H3,(H,28,31,33)/b19-11-. The number of amides is 2. The van der Waals surface area contributed by atoms with Gasteiger partial charge in [0.15, 0.2) is 5.11 Å². The van der Waals surface area contributed by atoms with Gasteiger partial charge in [-0.05, 0) is 87.8 Å². The average Bonchev–Trinajstić information content (AvgIpc) is 2.72. The number of anilines is 2. The third-order valence-electron chi connectivity index (χ3n) is 6.55. The Morgan fingerprint density at radius 2 is 1.79 bits per heavy atom. The maximum absolute atomic E-state index is 15.2. The molecule has 0 spiro atoms. The Hall–Kier alpha value is -3.32. The SMILES string of the molecule is CC1=CC(C)(C)N(C)c2cc(F)c(/C=C3/C(=O)NC(=S)N(c4cccc(C)c4C)C3=O)cc21. The Morgan fingerprint density at radius 3 is 2.48 bits per heavy atom. The number of likely N-dealkylation sites (N-methyl/N-ethyl adjacent to an activating group) is 1. The molecule has 2 amide bonds. The van der Waals surface area contributed by atoms with Crippen molar-refractivity contribution in [2.75, 3.05) is 16.8 Å². The summed E-state index contributed by atoms with van der Waals surface area (Å²) in [5.74, 6) is -1.74. The molecular weight excluding hydrogens is 437 g/mol. The van der Waals surface area contributed by atoms with Gasteiger partial charge in [-0.15, -0.1) is 0 Å². The highest BCUT2D eigenvalue weighted by molar-refractivity contribution is 7.80. The lowest BCUT2D eigenvalue weighted by molar-refractivity contribution is -0.122. The van der Waals surface area contributed by atoms with Crippen LogP contribution >= 0.6 is 12.2 Å². The van der Waals surface area contributed by atoms with Gasteiger partial charge in [-0.3, -0.25) is 19.8 Å². The van der Waals surface area contributed by atoms with Gasteiger partial charge in [-0.1, -0.05) is 18.2 Å². The molecule has 2 aromatic carbocycles. The number of hydrogen-bond acceptors (Lipinski definition) is 4. The summed E-state index contributed by atoms with van der Waals surface area (Å²) in [6, 6.07) is 8.67. The number of nitrogens with zero attached hydrogens (tertiary/aromatic N) is 2. The topological polar surface area (TPSA) is 52.7 Å². The molecule has 1 saturated heterocycles. The minimum Gasteiger partial charge on any atom is -0.365 e. The second-order valence-corrected chi connectivity index (χ2v) is 9.49. The van der Waals surface area contributed by atoms with Gasteiger partial charge in [-0.2, -0.15) is 0 Å². The average molecular weight is 464 g/mol. The van der Waals surface area contributed by atoms with Gasteiger partial charge in [0.1, 0.15) is 11.4 Å². The zero-order chi connectivity index (χ0) is 24.2. The highest BCUT2D eigenvalue weighted by atomic mass is 32.1. The Balaban J connectivity index is 1.81. The molecule has 0 saturated carbocycles. The summed E-state index contributed by atoms with van der Waals surface area (Å²) in [4.78, 5) is 29.4. The molecule has 1 fully saturated rings. The van der Waals surface area contributed by atoms with Crippen molar-refractivity contribution in [1.82, 2.24) is 5.32 Å². The van der Waals surface area contributed by atoms with Gasteiger partial charge in [-0.25, -0.2) is 4.39 Å². The van der Waals surface area contributed by atoms with E-state index < -0.39 is 17.6 Å². The summed E-state index contributed by atoms with van der Waals surface area (Å²) in [6.45, 7) is 9.91. The monoisotopic (exact) mass is 463 g/mol. The van der Waals surface area contributed by atoms with E-state index in [1.165, 1.54) is 17.0 Å². The van der Waals surface area contributed by atoms with Crippen molar-refractivity contribution in [1.29, 1.82) is 0 Å². The van der Waals surface area contributed by atoms with E-state index in [9.17, 15) is 9.59 Å². The molecule has 33 heavy (non-hydrogen) atoms. The van der Waals surface area contributed by atoms with Crippen LogP contribution in [-0.4, -0.2) is 29.5 Å². The van der Waals surface area contributed by atoms with E-state index >= 15 is 4.39 Å². The van der Waals surface area contributed by atoms with Gasteiger partial charge >= 0.3 is 0 Å². The highest BCUT2D eigenvalue weighted by Gasteiger charge is 2.36. The molecule has 2 heterocycles. The number of rotatable bonds is 2. The lowest BCUT2D eigenvalue weighted by Gasteiger charge is -2.40. The molecule has 0 radical (unpaired) electrons. The van der Waals surface area contributed by atoms with Crippen LogP contribution < -0.4 is 15.1 Å². The number of allylic oxidation sites excluding steroid dienone is 1. The van der Waals surface area contributed by atoms with Crippen molar-refractivity contribution in [2.24, 2.45) is 0 Å². The first-order valence-corrected chi connectivity index (χ1v) is 11.1. The van der Waals surface area contributed by atoms with E-state index in [0.717, 1.165) is 28.0 Å². The molecule has 170 valence electrons. The largest absolute Gasteiger partial charge is 0.365 e. The van der Waals surface area contributed by atoms with Gasteiger partial charge in [0, 0.05) is 23.9 Å². The van der Waals surface area contributed by atoms with Crippen LogP contribution in [0.4, 0.5) is 15.8 Å². The van der Waals surface area contributed by atoms with Gasteiger partial charge in [0.05, 0.1) is 11.2 Å². The van der Waals surface area contributed by atoms with E-state index in [1.807, 2.05) is 44.9 Å². The lowest BCUT2D eigenvalue weighted by Crippen LogP contribution is -2.54. The summed E-state index contributed by atoms with van der Waals surface area (Å²) in [5, 5.41) is 2.58. The fourth-order valence-corrected chi connectivity index (χ4v) is 4.58. The maximum Gasteiger partial charge on any atom is 0.270 e. The van der Waals surface area contributed by atoms with Crippen LogP contribution in [0.1, 0.15) is 43.0 Å². The summed E-state index contributed by atoms with van der Waals surface area (Å²) in [5.41, 5.74) is 4.81. The fourth-order valence-electron chi connectivity index (χ4n) is 4.31. The van der Waals surface area contributed by atoms with Crippen LogP contribution in [0.2, 0.25) is 0 Å². The van der Waals surface area contributed by atoms with E-state index in [-0.39, 0.29) is 21.8 Å². The van der Waals surface area contributed by atoms with Gasteiger partial charge < -0.3 is 4.90 Å². The number of aryl methyl sites for hydroxylation is 1. The molecule has 2 aromatic rings. The second kappa shape index (κ2) is 7.92. The Labute approximate surface area is 198 Å². The van der Waals surface area contributed by atoms with Crippen molar-refractivity contribution in [3.8, 4) is 0 Å². The Kier molecular flexibility index (Phi) is 5.48. The summed E-state index contributed by atoms with van der Waals surface area (Å²) in [7, 11) is 1.92. The highest BCUT2D eigenvalue weighted by Crippen LogP contribution is 2.39. The molecule has 0 aromatic heterocycles. The van der Waals surface area contributed by atoms with Crippen LogP contribution in [0.15, 0.2) is 42.0 Å². The van der Waals surface area contributed by atoms with E-state index in [0.29, 0.717) is 5.69 Å². The molecule has 4 rings (SSSR count). The Morgan fingerprint density at radius 1 is 1.09 bits per heavy atom. The van der Waals surface area contributed by atoms with Crippen LogP contribution in [0.5, 0.6) is 0 Å². The summed E-state index contributed by atoms with van der Waals surface area (Å²) >= 11 is 5.30. The maximum atomic E-state index is 15.2. The first-order valence-electron chi connectivity index (χ1n) is 10.7. The van der Waals surface area contributed by atoms with Gasteiger partial charge in [0.2, 0.25) is 0 Å². The molecule has 0 atom stereocenters. The zero-order valence-corrected chi connectivity index (χ0v) is 20.4. The number of halogens is 1. The first-order chi connectivity index (χ1) is 15.4. The fraction of sp³-hybridized carbons (Fsp3) is 0.269.